The third-order valence-electron chi connectivity index (χ3n) is 5.07. The standard InChI is InChI=1S/C21H30N4O5/c1-21(2,3)30-20(26)24-8-6-16(7-9-24)23-12-15-10-18(25(27)28)19(11-17(15)22)29-13-14-4-5-14/h10-12,14,16H,4-9,13,22H2,1-3H3. The third-order valence-corrected chi connectivity index (χ3v) is 5.07. The van der Waals surface area contributed by atoms with Gasteiger partial charge in [0.25, 0.3) is 0 Å². The van der Waals surface area contributed by atoms with Crippen LogP contribution in [0.25, 0.3) is 0 Å². The Hall–Kier alpha value is -2.84. The van der Waals surface area contributed by atoms with E-state index in [-0.39, 0.29) is 23.6 Å². The number of carbonyl (C=O) groups is 1. The van der Waals surface area contributed by atoms with Crippen LogP contribution in [0.1, 0.15) is 52.0 Å². The molecule has 1 heterocycles. The number of aliphatic imine (C=N–C) groups is 1. The SMILES string of the molecule is CC(C)(C)OC(=O)N1CCC(N=Cc2cc([N+](=O)[O-])c(OCC3CC3)cc2N)CC1. The molecule has 0 radical (unpaired) electrons. The molecule has 0 bridgehead atoms. The number of nitro groups is 1. The predicted molar refractivity (Wildman–Crippen MR) is 114 cm³/mol. The molecule has 2 fully saturated rings. The van der Waals surface area contributed by atoms with E-state index in [1.807, 2.05) is 20.8 Å². The highest BCUT2D eigenvalue weighted by Crippen LogP contribution is 2.35. The molecule has 0 aromatic heterocycles. The van der Waals surface area contributed by atoms with Crippen LogP contribution in [-0.2, 0) is 4.74 Å². The molecule has 2 aliphatic rings. The number of rotatable bonds is 6. The quantitative estimate of drug-likeness (QED) is 0.325. The van der Waals surface area contributed by atoms with Gasteiger partial charge in [0, 0.05) is 42.7 Å². The van der Waals surface area contributed by atoms with Gasteiger partial charge >= 0.3 is 11.8 Å². The lowest BCUT2D eigenvalue weighted by Gasteiger charge is -2.32. The number of hydrogen-bond acceptors (Lipinski definition) is 7. The number of ether oxygens (including phenoxy) is 2. The van der Waals surface area contributed by atoms with Crippen molar-refractivity contribution >= 4 is 23.7 Å². The minimum absolute atomic E-state index is 0.0212. The molecule has 1 aliphatic heterocycles. The number of nitrogens with zero attached hydrogens (tertiary/aromatic N) is 3. The van der Waals surface area contributed by atoms with Crippen molar-refractivity contribution in [3.8, 4) is 5.75 Å². The van der Waals surface area contributed by atoms with Gasteiger partial charge in [0.2, 0.25) is 0 Å². The second kappa shape index (κ2) is 8.89. The van der Waals surface area contributed by atoms with Crippen molar-refractivity contribution in [1.29, 1.82) is 0 Å². The smallest absolute Gasteiger partial charge is 0.410 e. The molecule has 1 amide bonds. The Bertz CT molecular complexity index is 821. The highest BCUT2D eigenvalue weighted by atomic mass is 16.6. The van der Waals surface area contributed by atoms with E-state index in [0.717, 1.165) is 12.8 Å². The first-order chi connectivity index (χ1) is 14.1. The summed E-state index contributed by atoms with van der Waals surface area (Å²) >= 11 is 0. The largest absolute Gasteiger partial charge is 0.486 e. The van der Waals surface area contributed by atoms with E-state index in [1.165, 1.54) is 12.1 Å². The molecule has 1 saturated carbocycles. The van der Waals surface area contributed by atoms with E-state index in [1.54, 1.807) is 11.1 Å². The highest BCUT2D eigenvalue weighted by molar-refractivity contribution is 5.89. The first-order valence-electron chi connectivity index (χ1n) is 10.3. The average Bonchev–Trinajstić information content (AvgIpc) is 3.48. The molecule has 3 rings (SSSR count). The summed E-state index contributed by atoms with van der Waals surface area (Å²) in [5.41, 5.74) is 6.34. The fraction of sp³-hybridized carbons (Fsp3) is 0.619. The first-order valence-corrected chi connectivity index (χ1v) is 10.3. The van der Waals surface area contributed by atoms with Crippen LogP contribution in [-0.4, -0.2) is 53.5 Å². The number of nitro benzene ring substituents is 1. The fourth-order valence-electron chi connectivity index (χ4n) is 3.17. The number of carbonyl (C=O) groups excluding carboxylic acids is 1. The van der Waals surface area contributed by atoms with Crippen molar-refractivity contribution in [3.05, 3.63) is 27.8 Å². The molecule has 9 nitrogen and oxygen atoms in total. The number of hydrogen-bond donors (Lipinski definition) is 1. The Morgan fingerprint density at radius 2 is 1.97 bits per heavy atom. The van der Waals surface area contributed by atoms with Crippen LogP contribution in [0.5, 0.6) is 5.75 Å². The van der Waals surface area contributed by atoms with Crippen LogP contribution < -0.4 is 10.5 Å². The van der Waals surface area contributed by atoms with Gasteiger partial charge in [-0.3, -0.25) is 15.1 Å². The Kier molecular flexibility index (Phi) is 6.48. The van der Waals surface area contributed by atoms with Crippen LogP contribution >= 0.6 is 0 Å². The number of anilines is 1. The van der Waals surface area contributed by atoms with E-state index < -0.39 is 10.5 Å². The summed E-state index contributed by atoms with van der Waals surface area (Å²) in [6, 6.07) is 2.94. The molecule has 30 heavy (non-hydrogen) atoms. The molecule has 2 N–H and O–H groups in total. The van der Waals surface area contributed by atoms with Crippen LogP contribution in [0.15, 0.2) is 17.1 Å². The van der Waals surface area contributed by atoms with E-state index in [9.17, 15) is 14.9 Å². The Morgan fingerprint density at radius 1 is 1.30 bits per heavy atom. The maximum Gasteiger partial charge on any atom is 0.410 e. The lowest BCUT2D eigenvalue weighted by atomic mass is 10.1. The van der Waals surface area contributed by atoms with Gasteiger partial charge in [-0.1, -0.05) is 0 Å². The average molecular weight is 418 g/mol. The van der Waals surface area contributed by atoms with Gasteiger partial charge in [-0.05, 0) is 52.4 Å². The molecule has 164 valence electrons. The Morgan fingerprint density at radius 3 is 2.53 bits per heavy atom. The summed E-state index contributed by atoms with van der Waals surface area (Å²) in [5, 5.41) is 11.4. The van der Waals surface area contributed by atoms with Gasteiger partial charge in [-0.15, -0.1) is 0 Å². The molecular weight excluding hydrogens is 388 g/mol. The molecule has 1 aromatic carbocycles. The minimum Gasteiger partial charge on any atom is -0.486 e. The van der Waals surface area contributed by atoms with E-state index in [0.29, 0.717) is 49.7 Å². The second-order valence-electron chi connectivity index (χ2n) is 8.94. The number of likely N-dealkylation sites (tertiary alicyclic amines) is 1. The molecule has 0 atom stereocenters. The third kappa shape index (κ3) is 6.08. The topological polar surface area (TPSA) is 120 Å². The minimum atomic E-state index is -0.521. The van der Waals surface area contributed by atoms with Crippen LogP contribution in [0.4, 0.5) is 16.2 Å². The monoisotopic (exact) mass is 418 g/mol. The van der Waals surface area contributed by atoms with Crippen LogP contribution in [0, 0.1) is 16.0 Å². The summed E-state index contributed by atoms with van der Waals surface area (Å²) in [7, 11) is 0. The number of piperidine rings is 1. The Labute approximate surface area is 176 Å². The summed E-state index contributed by atoms with van der Waals surface area (Å²) < 4.78 is 11.0. The van der Waals surface area contributed by atoms with Crippen LogP contribution in [0.2, 0.25) is 0 Å². The zero-order valence-electron chi connectivity index (χ0n) is 17.8. The molecule has 1 saturated heterocycles. The predicted octanol–water partition coefficient (Wildman–Crippen LogP) is 3.78. The van der Waals surface area contributed by atoms with E-state index in [4.69, 9.17) is 15.2 Å². The number of benzene rings is 1. The molecule has 9 heteroatoms. The molecule has 0 unspecified atom stereocenters. The zero-order valence-corrected chi connectivity index (χ0v) is 17.8. The summed E-state index contributed by atoms with van der Waals surface area (Å²) in [6.45, 7) is 7.11. The van der Waals surface area contributed by atoms with Gasteiger partial charge in [-0.25, -0.2) is 4.79 Å². The first kappa shape index (κ1) is 21.9. The second-order valence-corrected chi connectivity index (χ2v) is 8.94. The Balaban J connectivity index is 1.61. The van der Waals surface area contributed by atoms with Gasteiger partial charge in [-0.2, -0.15) is 0 Å². The van der Waals surface area contributed by atoms with Gasteiger partial charge < -0.3 is 20.1 Å². The van der Waals surface area contributed by atoms with Crippen molar-refractivity contribution in [2.24, 2.45) is 10.9 Å². The zero-order chi connectivity index (χ0) is 21.9. The van der Waals surface area contributed by atoms with Crippen molar-refractivity contribution < 1.29 is 19.2 Å². The van der Waals surface area contributed by atoms with Crippen molar-refractivity contribution in [2.75, 3.05) is 25.4 Å². The summed E-state index contributed by atoms with van der Waals surface area (Å²) in [5.74, 6) is 0.686. The van der Waals surface area contributed by atoms with Crippen molar-refractivity contribution in [3.63, 3.8) is 0 Å². The number of amides is 1. The van der Waals surface area contributed by atoms with Crippen LogP contribution in [0.3, 0.4) is 0 Å². The highest BCUT2D eigenvalue weighted by Gasteiger charge is 2.27. The fourth-order valence-corrected chi connectivity index (χ4v) is 3.17. The summed E-state index contributed by atoms with van der Waals surface area (Å²) in [4.78, 5) is 29.4. The molecular formula is C21H30N4O5. The lowest BCUT2D eigenvalue weighted by molar-refractivity contribution is -0.385. The lowest BCUT2D eigenvalue weighted by Crippen LogP contribution is -2.42. The van der Waals surface area contributed by atoms with Gasteiger partial charge in [0.05, 0.1) is 17.6 Å². The normalized spacial score (nSPS) is 17.9. The van der Waals surface area contributed by atoms with Gasteiger partial charge in [0.1, 0.15) is 5.60 Å². The maximum atomic E-state index is 12.1. The van der Waals surface area contributed by atoms with E-state index >= 15 is 0 Å². The maximum absolute atomic E-state index is 12.1. The molecule has 0 spiro atoms. The van der Waals surface area contributed by atoms with Crippen molar-refractivity contribution in [2.45, 2.75) is 58.1 Å². The van der Waals surface area contributed by atoms with Crippen molar-refractivity contribution in [1.82, 2.24) is 4.90 Å². The number of nitrogens with two attached hydrogens (primary N) is 1. The molecule has 1 aliphatic carbocycles. The summed E-state index contributed by atoms with van der Waals surface area (Å²) in [6.07, 6.45) is 4.86. The van der Waals surface area contributed by atoms with E-state index in [2.05, 4.69) is 4.99 Å². The van der Waals surface area contributed by atoms with Gasteiger partial charge in [0.15, 0.2) is 5.75 Å². The number of nitrogen functional groups attached to an aromatic ring is 1. The molecule has 1 aromatic rings.